The summed E-state index contributed by atoms with van der Waals surface area (Å²) in [4.78, 5) is 17.6. The second-order valence-electron chi connectivity index (χ2n) is 6.13. The van der Waals surface area contributed by atoms with E-state index in [1.807, 2.05) is 47.4 Å². The lowest BCUT2D eigenvalue weighted by atomic mass is 10.2. The van der Waals surface area contributed by atoms with E-state index < -0.39 is 0 Å². The van der Waals surface area contributed by atoms with Gasteiger partial charge in [-0.15, -0.1) is 11.8 Å². The third kappa shape index (κ3) is 5.06. The van der Waals surface area contributed by atoms with Gasteiger partial charge < -0.3 is 9.80 Å². The molecule has 1 amide bonds. The molecule has 25 heavy (non-hydrogen) atoms. The zero-order valence-corrected chi connectivity index (χ0v) is 15.1. The Balaban J connectivity index is 1.47. The third-order valence-corrected chi connectivity index (χ3v) is 5.43. The fourth-order valence-corrected chi connectivity index (χ4v) is 3.96. The SMILES string of the molecule is O=C(c1ccccc1)N1CCCN(CCSc2ccccc2F)CC1. The van der Waals surface area contributed by atoms with Crippen LogP contribution in [-0.2, 0) is 0 Å². The van der Waals surface area contributed by atoms with Gasteiger partial charge in [-0.05, 0) is 37.2 Å². The van der Waals surface area contributed by atoms with Gasteiger partial charge >= 0.3 is 0 Å². The molecule has 0 radical (unpaired) electrons. The lowest BCUT2D eigenvalue weighted by molar-refractivity contribution is 0.0762. The van der Waals surface area contributed by atoms with Gasteiger partial charge in [-0.2, -0.15) is 0 Å². The molecule has 0 spiro atoms. The lowest BCUT2D eigenvalue weighted by Gasteiger charge is -2.22. The molecule has 0 bridgehead atoms. The van der Waals surface area contributed by atoms with E-state index in [9.17, 15) is 9.18 Å². The van der Waals surface area contributed by atoms with Gasteiger partial charge in [0.05, 0.1) is 0 Å². The monoisotopic (exact) mass is 358 g/mol. The maximum atomic E-state index is 13.6. The van der Waals surface area contributed by atoms with Gasteiger partial charge in [0, 0.05) is 42.4 Å². The number of carbonyl (C=O) groups is 1. The molecule has 0 unspecified atom stereocenters. The number of nitrogens with zero attached hydrogens (tertiary/aromatic N) is 2. The predicted molar refractivity (Wildman–Crippen MR) is 101 cm³/mol. The van der Waals surface area contributed by atoms with E-state index in [2.05, 4.69) is 4.90 Å². The minimum Gasteiger partial charge on any atom is -0.337 e. The first kappa shape index (κ1) is 18.0. The van der Waals surface area contributed by atoms with Crippen molar-refractivity contribution in [2.45, 2.75) is 11.3 Å². The van der Waals surface area contributed by atoms with Crippen LogP contribution >= 0.6 is 11.8 Å². The van der Waals surface area contributed by atoms with Crippen LogP contribution in [0.4, 0.5) is 4.39 Å². The molecule has 2 aromatic carbocycles. The van der Waals surface area contributed by atoms with Crippen LogP contribution in [0, 0.1) is 5.82 Å². The number of hydrogen-bond acceptors (Lipinski definition) is 3. The minimum absolute atomic E-state index is 0.114. The van der Waals surface area contributed by atoms with Crippen molar-refractivity contribution in [2.75, 3.05) is 38.5 Å². The maximum Gasteiger partial charge on any atom is 0.253 e. The lowest BCUT2D eigenvalue weighted by Crippen LogP contribution is -2.35. The van der Waals surface area contributed by atoms with Crippen LogP contribution in [0.15, 0.2) is 59.5 Å². The summed E-state index contributed by atoms with van der Waals surface area (Å²) in [5.41, 5.74) is 0.756. The summed E-state index contributed by atoms with van der Waals surface area (Å²) in [7, 11) is 0. The van der Waals surface area contributed by atoms with E-state index >= 15 is 0 Å². The molecule has 1 saturated heterocycles. The highest BCUT2D eigenvalue weighted by Gasteiger charge is 2.20. The highest BCUT2D eigenvalue weighted by atomic mass is 32.2. The van der Waals surface area contributed by atoms with E-state index in [1.165, 1.54) is 6.07 Å². The van der Waals surface area contributed by atoms with Gasteiger partial charge in [-0.3, -0.25) is 4.79 Å². The zero-order chi connectivity index (χ0) is 17.5. The summed E-state index contributed by atoms with van der Waals surface area (Å²) in [6.45, 7) is 4.31. The van der Waals surface area contributed by atoms with E-state index in [0.29, 0.717) is 4.90 Å². The first-order chi connectivity index (χ1) is 12.2. The Morgan fingerprint density at radius 1 is 0.960 bits per heavy atom. The quantitative estimate of drug-likeness (QED) is 0.760. The highest BCUT2D eigenvalue weighted by molar-refractivity contribution is 7.99. The molecule has 3 rings (SSSR count). The fraction of sp³-hybridized carbons (Fsp3) is 0.350. The highest BCUT2D eigenvalue weighted by Crippen LogP contribution is 2.21. The van der Waals surface area contributed by atoms with Crippen molar-refractivity contribution in [1.82, 2.24) is 9.80 Å². The van der Waals surface area contributed by atoms with Crippen LogP contribution in [0.5, 0.6) is 0 Å². The number of halogens is 1. The topological polar surface area (TPSA) is 23.6 Å². The van der Waals surface area contributed by atoms with Crippen molar-refractivity contribution in [3.05, 3.63) is 66.0 Å². The number of amides is 1. The summed E-state index contributed by atoms with van der Waals surface area (Å²) in [5.74, 6) is 0.819. The zero-order valence-electron chi connectivity index (χ0n) is 14.2. The number of thioether (sulfide) groups is 1. The molecular weight excluding hydrogens is 335 g/mol. The first-order valence-corrected chi connectivity index (χ1v) is 9.66. The number of benzene rings is 2. The van der Waals surface area contributed by atoms with E-state index in [4.69, 9.17) is 0 Å². The molecule has 5 heteroatoms. The first-order valence-electron chi connectivity index (χ1n) is 8.68. The van der Waals surface area contributed by atoms with Crippen LogP contribution in [0.1, 0.15) is 16.8 Å². The normalized spacial score (nSPS) is 15.8. The molecule has 0 saturated carbocycles. The van der Waals surface area contributed by atoms with Crippen LogP contribution < -0.4 is 0 Å². The summed E-state index contributed by atoms with van der Waals surface area (Å²) in [6, 6.07) is 16.4. The van der Waals surface area contributed by atoms with Crippen molar-refractivity contribution in [1.29, 1.82) is 0 Å². The maximum absolute atomic E-state index is 13.6. The molecule has 1 fully saturated rings. The molecule has 1 aliphatic heterocycles. The van der Waals surface area contributed by atoms with Crippen molar-refractivity contribution in [2.24, 2.45) is 0 Å². The smallest absolute Gasteiger partial charge is 0.253 e. The summed E-state index contributed by atoms with van der Waals surface area (Å²) < 4.78 is 13.6. The molecular formula is C20H23FN2OS. The molecule has 0 aromatic heterocycles. The molecule has 3 nitrogen and oxygen atoms in total. The van der Waals surface area contributed by atoms with Gasteiger partial charge in [-0.1, -0.05) is 30.3 Å². The summed E-state index contributed by atoms with van der Waals surface area (Å²) in [6.07, 6.45) is 0.975. The minimum atomic E-state index is -0.150. The van der Waals surface area contributed by atoms with Gasteiger partial charge in [-0.25, -0.2) is 4.39 Å². The Morgan fingerprint density at radius 2 is 1.72 bits per heavy atom. The van der Waals surface area contributed by atoms with Crippen molar-refractivity contribution in [3.63, 3.8) is 0 Å². The van der Waals surface area contributed by atoms with Crippen LogP contribution in [0.3, 0.4) is 0 Å². The standard InChI is InChI=1S/C20H23FN2OS/c21-18-9-4-5-10-19(18)25-16-15-22-11-6-12-23(14-13-22)20(24)17-7-2-1-3-8-17/h1-5,7-10H,6,11-16H2. The second-order valence-corrected chi connectivity index (χ2v) is 7.27. The second kappa shape index (κ2) is 9.02. The number of rotatable bonds is 5. The van der Waals surface area contributed by atoms with E-state index in [1.54, 1.807) is 17.8 Å². The van der Waals surface area contributed by atoms with Gasteiger partial charge in [0.15, 0.2) is 0 Å². The van der Waals surface area contributed by atoms with Gasteiger partial charge in [0.1, 0.15) is 5.82 Å². The predicted octanol–water partition coefficient (Wildman–Crippen LogP) is 3.77. The van der Waals surface area contributed by atoms with Gasteiger partial charge in [0.2, 0.25) is 0 Å². The Morgan fingerprint density at radius 3 is 2.52 bits per heavy atom. The van der Waals surface area contributed by atoms with Crippen LogP contribution in [0.25, 0.3) is 0 Å². The van der Waals surface area contributed by atoms with Crippen molar-refractivity contribution in [3.8, 4) is 0 Å². The number of carbonyl (C=O) groups excluding carboxylic acids is 1. The fourth-order valence-electron chi connectivity index (χ4n) is 3.01. The van der Waals surface area contributed by atoms with Gasteiger partial charge in [0.25, 0.3) is 5.91 Å². The Bertz CT molecular complexity index is 695. The molecule has 0 N–H and O–H groups in total. The van der Waals surface area contributed by atoms with Crippen LogP contribution in [-0.4, -0.2) is 54.2 Å². The molecule has 132 valence electrons. The Kier molecular flexibility index (Phi) is 6.48. The van der Waals surface area contributed by atoms with E-state index in [-0.39, 0.29) is 11.7 Å². The Labute approximate surface area is 152 Å². The molecule has 2 aromatic rings. The molecule has 1 aliphatic rings. The van der Waals surface area contributed by atoms with E-state index in [0.717, 1.165) is 50.5 Å². The number of hydrogen-bond donors (Lipinski definition) is 0. The van der Waals surface area contributed by atoms with Crippen molar-refractivity contribution < 1.29 is 9.18 Å². The molecule has 0 atom stereocenters. The van der Waals surface area contributed by atoms with Crippen LogP contribution in [0.2, 0.25) is 0 Å². The third-order valence-electron chi connectivity index (χ3n) is 4.40. The summed E-state index contributed by atoms with van der Waals surface area (Å²) >= 11 is 1.55. The average Bonchev–Trinajstić information content (AvgIpc) is 2.89. The van der Waals surface area contributed by atoms with Crippen molar-refractivity contribution >= 4 is 17.7 Å². The molecule has 0 aliphatic carbocycles. The molecule has 1 heterocycles. The average molecular weight is 358 g/mol. The Hall–Kier alpha value is -1.85. The largest absolute Gasteiger partial charge is 0.337 e. The summed E-state index contributed by atoms with van der Waals surface area (Å²) in [5, 5.41) is 0.